The molecular formula is C11H17F3O4. The van der Waals surface area contributed by atoms with Gasteiger partial charge in [0.25, 0.3) is 0 Å². The summed E-state index contributed by atoms with van der Waals surface area (Å²) < 4.78 is 47.3. The topological polar surface area (TPSA) is 52.6 Å². The first-order chi connectivity index (χ1) is 8.12. The van der Waals surface area contributed by atoms with Gasteiger partial charge in [0.2, 0.25) is 0 Å². The zero-order valence-electron chi connectivity index (χ0n) is 10.8. The van der Waals surface area contributed by atoms with Gasteiger partial charge in [-0.05, 0) is 20.8 Å². The van der Waals surface area contributed by atoms with E-state index in [1.807, 2.05) is 0 Å². The number of esters is 2. The van der Waals surface area contributed by atoms with Gasteiger partial charge in [0.1, 0.15) is 0 Å². The van der Waals surface area contributed by atoms with Gasteiger partial charge in [-0.2, -0.15) is 13.2 Å². The third kappa shape index (κ3) is 3.36. The second kappa shape index (κ2) is 6.06. The minimum Gasteiger partial charge on any atom is -0.465 e. The first-order valence-electron chi connectivity index (χ1n) is 5.53. The Kier molecular flexibility index (Phi) is 5.63. The molecule has 0 aromatic carbocycles. The van der Waals surface area contributed by atoms with Crippen molar-refractivity contribution < 1.29 is 32.2 Å². The summed E-state index contributed by atoms with van der Waals surface area (Å²) >= 11 is 0. The van der Waals surface area contributed by atoms with Crippen LogP contribution in [0.5, 0.6) is 0 Å². The molecule has 7 heteroatoms. The molecule has 1 atom stereocenters. The highest BCUT2D eigenvalue weighted by Crippen LogP contribution is 2.41. The molecule has 0 radical (unpaired) electrons. The molecule has 0 bridgehead atoms. The predicted molar refractivity (Wildman–Crippen MR) is 56.6 cm³/mol. The molecule has 0 fully saturated rings. The van der Waals surface area contributed by atoms with Crippen molar-refractivity contribution in [3.8, 4) is 0 Å². The third-order valence-electron chi connectivity index (χ3n) is 2.76. The monoisotopic (exact) mass is 270 g/mol. The molecule has 0 saturated carbocycles. The quantitative estimate of drug-likeness (QED) is 0.568. The summed E-state index contributed by atoms with van der Waals surface area (Å²) in [6, 6.07) is 0. The molecule has 0 aliphatic rings. The maximum absolute atomic E-state index is 12.7. The van der Waals surface area contributed by atoms with Crippen LogP contribution in [0.2, 0.25) is 0 Å². The molecule has 4 nitrogen and oxygen atoms in total. The van der Waals surface area contributed by atoms with E-state index in [0.717, 1.165) is 13.8 Å². The van der Waals surface area contributed by atoms with E-state index in [4.69, 9.17) is 0 Å². The van der Waals surface area contributed by atoms with Crippen LogP contribution in [0.25, 0.3) is 0 Å². The summed E-state index contributed by atoms with van der Waals surface area (Å²) in [7, 11) is 0. The van der Waals surface area contributed by atoms with Gasteiger partial charge >= 0.3 is 18.1 Å². The Morgan fingerprint density at radius 1 is 1.06 bits per heavy atom. The predicted octanol–water partition coefficient (Wildman–Crippen LogP) is 2.32. The van der Waals surface area contributed by atoms with Crippen molar-refractivity contribution in [2.24, 2.45) is 11.3 Å². The van der Waals surface area contributed by atoms with Crippen LogP contribution in [0.4, 0.5) is 13.2 Å². The van der Waals surface area contributed by atoms with Crippen LogP contribution in [0.15, 0.2) is 0 Å². The van der Waals surface area contributed by atoms with Gasteiger partial charge in [0.05, 0.1) is 19.1 Å². The second-order valence-electron chi connectivity index (χ2n) is 3.91. The van der Waals surface area contributed by atoms with Crippen LogP contribution < -0.4 is 0 Å². The average Bonchev–Trinajstić information content (AvgIpc) is 2.26. The molecule has 1 unspecified atom stereocenters. The summed E-state index contributed by atoms with van der Waals surface area (Å²) in [6.07, 6.45) is -4.70. The number of carbonyl (C=O) groups excluding carboxylic acids is 2. The van der Waals surface area contributed by atoms with Gasteiger partial charge in [-0.15, -0.1) is 0 Å². The van der Waals surface area contributed by atoms with Crippen LogP contribution in [-0.2, 0) is 19.1 Å². The van der Waals surface area contributed by atoms with Gasteiger partial charge in [0, 0.05) is 0 Å². The molecule has 0 saturated heterocycles. The van der Waals surface area contributed by atoms with E-state index in [1.165, 1.54) is 13.8 Å². The smallest absolute Gasteiger partial charge is 0.393 e. The Morgan fingerprint density at radius 2 is 1.39 bits per heavy atom. The van der Waals surface area contributed by atoms with Crippen molar-refractivity contribution in [2.45, 2.75) is 33.9 Å². The Hall–Kier alpha value is -1.27. The molecule has 18 heavy (non-hydrogen) atoms. The van der Waals surface area contributed by atoms with Gasteiger partial charge in [-0.25, -0.2) is 0 Å². The van der Waals surface area contributed by atoms with Crippen LogP contribution in [0, 0.1) is 11.3 Å². The van der Waals surface area contributed by atoms with Gasteiger partial charge in [-0.1, -0.05) is 6.92 Å². The molecule has 106 valence electrons. The first kappa shape index (κ1) is 16.7. The number of ether oxygens (including phenoxy) is 2. The molecule has 0 N–H and O–H groups in total. The number of hydrogen-bond acceptors (Lipinski definition) is 4. The maximum Gasteiger partial charge on any atom is 0.393 e. The molecule has 0 aliphatic heterocycles. The largest absolute Gasteiger partial charge is 0.465 e. The van der Waals surface area contributed by atoms with E-state index in [2.05, 4.69) is 9.47 Å². The van der Waals surface area contributed by atoms with Crippen LogP contribution in [-0.4, -0.2) is 31.3 Å². The molecule has 0 aliphatic carbocycles. The summed E-state index contributed by atoms with van der Waals surface area (Å²) in [5.74, 6) is -4.65. The Balaban J connectivity index is 5.41. The highest BCUT2D eigenvalue weighted by molar-refractivity contribution is 6.00. The van der Waals surface area contributed by atoms with Gasteiger partial charge < -0.3 is 9.47 Å². The molecular weight excluding hydrogens is 253 g/mol. The summed E-state index contributed by atoms with van der Waals surface area (Å²) in [5.41, 5.74) is -2.38. The zero-order valence-corrected chi connectivity index (χ0v) is 10.8. The Bertz CT molecular complexity index is 294. The van der Waals surface area contributed by atoms with Crippen molar-refractivity contribution >= 4 is 11.9 Å². The van der Waals surface area contributed by atoms with E-state index >= 15 is 0 Å². The van der Waals surface area contributed by atoms with Crippen molar-refractivity contribution in [1.82, 2.24) is 0 Å². The summed E-state index contributed by atoms with van der Waals surface area (Å²) in [6.45, 7) is 4.31. The number of rotatable bonds is 5. The standard InChI is InChI=1S/C11H17F3O4/c1-5-17-8(15)10(4,9(16)18-6-2)7(3)11(12,13)14/h7H,5-6H2,1-4H3. The van der Waals surface area contributed by atoms with E-state index in [9.17, 15) is 22.8 Å². The van der Waals surface area contributed by atoms with Crippen molar-refractivity contribution in [1.29, 1.82) is 0 Å². The van der Waals surface area contributed by atoms with Crippen molar-refractivity contribution in [3.05, 3.63) is 0 Å². The lowest BCUT2D eigenvalue weighted by atomic mass is 9.77. The number of halogens is 3. The lowest BCUT2D eigenvalue weighted by Gasteiger charge is -2.31. The van der Waals surface area contributed by atoms with E-state index in [-0.39, 0.29) is 13.2 Å². The van der Waals surface area contributed by atoms with Crippen molar-refractivity contribution in [3.63, 3.8) is 0 Å². The van der Waals surface area contributed by atoms with E-state index < -0.39 is 29.4 Å². The average molecular weight is 270 g/mol. The van der Waals surface area contributed by atoms with Crippen LogP contribution >= 0.6 is 0 Å². The number of alkyl halides is 3. The van der Waals surface area contributed by atoms with E-state index in [0.29, 0.717) is 0 Å². The summed E-state index contributed by atoms with van der Waals surface area (Å²) in [5, 5.41) is 0. The zero-order chi connectivity index (χ0) is 14.6. The maximum atomic E-state index is 12.7. The highest BCUT2D eigenvalue weighted by Gasteiger charge is 2.58. The second-order valence-corrected chi connectivity index (χ2v) is 3.91. The lowest BCUT2D eigenvalue weighted by Crippen LogP contribution is -2.49. The minimum atomic E-state index is -4.70. The highest BCUT2D eigenvalue weighted by atomic mass is 19.4. The fourth-order valence-electron chi connectivity index (χ4n) is 1.33. The Labute approximate surface area is 103 Å². The molecule has 0 rings (SSSR count). The molecule has 0 aromatic rings. The normalized spacial score (nSPS) is 13.9. The van der Waals surface area contributed by atoms with Crippen LogP contribution in [0.3, 0.4) is 0 Å². The minimum absolute atomic E-state index is 0.113. The number of carbonyl (C=O) groups is 2. The summed E-state index contributed by atoms with van der Waals surface area (Å²) in [4.78, 5) is 23.3. The Morgan fingerprint density at radius 3 is 1.61 bits per heavy atom. The van der Waals surface area contributed by atoms with Gasteiger partial charge in [-0.3, -0.25) is 9.59 Å². The van der Waals surface area contributed by atoms with Gasteiger partial charge in [0.15, 0.2) is 5.41 Å². The fourth-order valence-corrected chi connectivity index (χ4v) is 1.33. The molecule has 0 heterocycles. The molecule has 0 spiro atoms. The number of hydrogen-bond donors (Lipinski definition) is 0. The lowest BCUT2D eigenvalue weighted by molar-refractivity contribution is -0.218. The fraction of sp³-hybridized carbons (Fsp3) is 0.818. The third-order valence-corrected chi connectivity index (χ3v) is 2.76. The van der Waals surface area contributed by atoms with Crippen LogP contribution in [0.1, 0.15) is 27.7 Å². The first-order valence-corrected chi connectivity index (χ1v) is 5.53. The molecule has 0 amide bonds. The van der Waals surface area contributed by atoms with Crippen molar-refractivity contribution in [2.75, 3.05) is 13.2 Å². The van der Waals surface area contributed by atoms with E-state index in [1.54, 1.807) is 0 Å². The molecule has 0 aromatic heterocycles. The SMILES string of the molecule is CCOC(=O)C(C)(C(=O)OCC)C(C)C(F)(F)F.